The maximum absolute atomic E-state index is 5.74. The Kier molecular flexibility index (Phi) is 6.27. The molecule has 3 nitrogen and oxygen atoms in total. The first-order valence-corrected chi connectivity index (χ1v) is 8.03. The van der Waals surface area contributed by atoms with Crippen LogP contribution in [0.25, 0.3) is 0 Å². The summed E-state index contributed by atoms with van der Waals surface area (Å²) in [5.74, 6) is 0.955. The molecule has 0 saturated carbocycles. The first-order chi connectivity index (χ1) is 10.2. The molecule has 1 aliphatic heterocycles. The lowest BCUT2D eigenvalue weighted by Crippen LogP contribution is -2.45. The standard InChI is InChI=1S/C18H28N2O/c1-4-5-6-18(20-13-11-19-12-14-20)16-7-9-17(10-8-16)21-15(2)3/h4,7-10,15,18-19H,1,5-6,11-14H2,2-3H3/t18-/m0/s1. The third-order valence-corrected chi connectivity index (χ3v) is 3.87. The maximum Gasteiger partial charge on any atom is 0.119 e. The third-order valence-electron chi connectivity index (χ3n) is 3.87. The van der Waals surface area contributed by atoms with E-state index < -0.39 is 0 Å². The Morgan fingerprint density at radius 1 is 1.24 bits per heavy atom. The van der Waals surface area contributed by atoms with Crippen molar-refractivity contribution in [1.29, 1.82) is 0 Å². The normalized spacial score (nSPS) is 17.7. The number of hydrogen-bond acceptors (Lipinski definition) is 3. The predicted molar refractivity (Wildman–Crippen MR) is 88.8 cm³/mol. The van der Waals surface area contributed by atoms with Crippen LogP contribution in [0.1, 0.15) is 38.3 Å². The predicted octanol–water partition coefficient (Wildman–Crippen LogP) is 3.39. The molecule has 0 unspecified atom stereocenters. The smallest absolute Gasteiger partial charge is 0.119 e. The van der Waals surface area contributed by atoms with Gasteiger partial charge in [0.25, 0.3) is 0 Å². The summed E-state index contributed by atoms with van der Waals surface area (Å²) in [7, 11) is 0. The molecule has 1 aromatic rings. The molecule has 2 rings (SSSR count). The topological polar surface area (TPSA) is 24.5 Å². The summed E-state index contributed by atoms with van der Waals surface area (Å²) >= 11 is 0. The molecule has 1 aliphatic rings. The summed E-state index contributed by atoms with van der Waals surface area (Å²) in [5, 5.41) is 3.43. The fraction of sp³-hybridized carbons (Fsp3) is 0.556. The molecule has 3 heteroatoms. The van der Waals surface area contributed by atoms with Gasteiger partial charge in [-0.1, -0.05) is 18.2 Å². The minimum Gasteiger partial charge on any atom is -0.491 e. The van der Waals surface area contributed by atoms with Gasteiger partial charge in [0.1, 0.15) is 5.75 Å². The van der Waals surface area contributed by atoms with Crippen molar-refractivity contribution in [3.63, 3.8) is 0 Å². The molecule has 0 spiro atoms. The lowest BCUT2D eigenvalue weighted by atomic mass is 9.99. The summed E-state index contributed by atoms with van der Waals surface area (Å²) in [6.45, 7) is 12.4. The number of nitrogens with one attached hydrogen (secondary N) is 1. The van der Waals surface area contributed by atoms with E-state index in [4.69, 9.17) is 4.74 Å². The van der Waals surface area contributed by atoms with Crippen molar-refractivity contribution in [3.05, 3.63) is 42.5 Å². The van der Waals surface area contributed by atoms with Crippen LogP contribution in [-0.4, -0.2) is 37.2 Å². The lowest BCUT2D eigenvalue weighted by molar-refractivity contribution is 0.166. The summed E-state index contributed by atoms with van der Waals surface area (Å²) < 4.78 is 5.74. The highest BCUT2D eigenvalue weighted by Crippen LogP contribution is 2.28. The highest BCUT2D eigenvalue weighted by Gasteiger charge is 2.21. The largest absolute Gasteiger partial charge is 0.491 e. The van der Waals surface area contributed by atoms with Crippen LogP contribution in [0.4, 0.5) is 0 Å². The molecule has 1 fully saturated rings. The molecule has 0 radical (unpaired) electrons. The minimum absolute atomic E-state index is 0.223. The Hall–Kier alpha value is -1.32. The molecule has 1 atom stereocenters. The maximum atomic E-state index is 5.74. The van der Waals surface area contributed by atoms with E-state index in [9.17, 15) is 0 Å². The van der Waals surface area contributed by atoms with E-state index in [0.29, 0.717) is 6.04 Å². The number of ether oxygens (including phenoxy) is 1. The van der Waals surface area contributed by atoms with Gasteiger partial charge in [-0.05, 0) is 44.4 Å². The molecule has 116 valence electrons. The highest BCUT2D eigenvalue weighted by molar-refractivity contribution is 5.29. The Morgan fingerprint density at radius 3 is 2.48 bits per heavy atom. The van der Waals surface area contributed by atoms with Gasteiger partial charge in [-0.2, -0.15) is 0 Å². The van der Waals surface area contributed by atoms with E-state index in [1.807, 2.05) is 6.08 Å². The Labute approximate surface area is 129 Å². The first kappa shape index (κ1) is 16.1. The molecule has 21 heavy (non-hydrogen) atoms. The number of allylic oxidation sites excluding steroid dienone is 1. The van der Waals surface area contributed by atoms with Gasteiger partial charge in [0.05, 0.1) is 6.10 Å². The zero-order chi connectivity index (χ0) is 15.1. The second kappa shape index (κ2) is 8.20. The highest BCUT2D eigenvalue weighted by atomic mass is 16.5. The van der Waals surface area contributed by atoms with Gasteiger partial charge < -0.3 is 10.1 Å². The number of piperazine rings is 1. The van der Waals surface area contributed by atoms with E-state index in [2.05, 4.69) is 54.9 Å². The third kappa shape index (κ3) is 4.87. The van der Waals surface area contributed by atoms with Gasteiger partial charge in [0.2, 0.25) is 0 Å². The number of nitrogens with zero attached hydrogens (tertiary/aromatic N) is 1. The average molecular weight is 288 g/mol. The van der Waals surface area contributed by atoms with Crippen molar-refractivity contribution >= 4 is 0 Å². The van der Waals surface area contributed by atoms with E-state index >= 15 is 0 Å². The molecule has 1 saturated heterocycles. The van der Waals surface area contributed by atoms with Gasteiger partial charge in [0.15, 0.2) is 0 Å². The van der Waals surface area contributed by atoms with Crippen LogP contribution >= 0.6 is 0 Å². The fourth-order valence-corrected chi connectivity index (χ4v) is 2.87. The number of rotatable bonds is 7. The molecular weight excluding hydrogens is 260 g/mol. The van der Waals surface area contributed by atoms with Crippen LogP contribution in [0.5, 0.6) is 5.75 Å². The molecule has 1 N–H and O–H groups in total. The first-order valence-electron chi connectivity index (χ1n) is 8.03. The van der Waals surface area contributed by atoms with Crippen molar-refractivity contribution < 1.29 is 4.74 Å². The molecule has 0 bridgehead atoms. The zero-order valence-corrected chi connectivity index (χ0v) is 13.3. The van der Waals surface area contributed by atoms with Gasteiger partial charge in [-0.15, -0.1) is 6.58 Å². The average Bonchev–Trinajstić information content (AvgIpc) is 2.50. The van der Waals surface area contributed by atoms with E-state index in [1.165, 1.54) is 5.56 Å². The van der Waals surface area contributed by atoms with E-state index in [0.717, 1.165) is 44.8 Å². The van der Waals surface area contributed by atoms with E-state index in [1.54, 1.807) is 0 Å². The lowest BCUT2D eigenvalue weighted by Gasteiger charge is -2.35. The monoisotopic (exact) mass is 288 g/mol. The van der Waals surface area contributed by atoms with Crippen LogP contribution in [0.2, 0.25) is 0 Å². The van der Waals surface area contributed by atoms with Crippen molar-refractivity contribution in [3.8, 4) is 5.75 Å². The van der Waals surface area contributed by atoms with Gasteiger partial charge in [0, 0.05) is 32.2 Å². The summed E-state index contributed by atoms with van der Waals surface area (Å²) in [5.41, 5.74) is 1.38. The molecule has 1 aromatic carbocycles. The number of benzene rings is 1. The van der Waals surface area contributed by atoms with Crippen molar-refractivity contribution in [2.24, 2.45) is 0 Å². The molecular formula is C18H28N2O. The molecule has 0 aliphatic carbocycles. The van der Waals surface area contributed by atoms with Gasteiger partial charge >= 0.3 is 0 Å². The Balaban J connectivity index is 2.09. The second-order valence-electron chi connectivity index (χ2n) is 5.90. The van der Waals surface area contributed by atoms with Crippen LogP contribution in [-0.2, 0) is 0 Å². The summed E-state index contributed by atoms with van der Waals surface area (Å²) in [6, 6.07) is 9.11. The zero-order valence-electron chi connectivity index (χ0n) is 13.3. The summed E-state index contributed by atoms with van der Waals surface area (Å²) in [4.78, 5) is 2.58. The van der Waals surface area contributed by atoms with E-state index in [-0.39, 0.29) is 6.10 Å². The fourth-order valence-electron chi connectivity index (χ4n) is 2.87. The second-order valence-corrected chi connectivity index (χ2v) is 5.90. The van der Waals surface area contributed by atoms with Crippen LogP contribution in [0, 0.1) is 0 Å². The van der Waals surface area contributed by atoms with Crippen LogP contribution < -0.4 is 10.1 Å². The molecule has 0 aromatic heterocycles. The van der Waals surface area contributed by atoms with Crippen LogP contribution in [0.3, 0.4) is 0 Å². The SMILES string of the molecule is C=CCC[C@@H](c1ccc(OC(C)C)cc1)N1CCNCC1. The summed E-state index contributed by atoms with van der Waals surface area (Å²) in [6.07, 6.45) is 4.43. The van der Waals surface area contributed by atoms with Crippen LogP contribution in [0.15, 0.2) is 36.9 Å². The Bertz CT molecular complexity index is 421. The van der Waals surface area contributed by atoms with Crippen molar-refractivity contribution in [2.75, 3.05) is 26.2 Å². The van der Waals surface area contributed by atoms with Crippen molar-refractivity contribution in [2.45, 2.75) is 38.8 Å². The Morgan fingerprint density at radius 2 is 1.90 bits per heavy atom. The number of hydrogen-bond donors (Lipinski definition) is 1. The molecule has 0 amide bonds. The van der Waals surface area contributed by atoms with Crippen molar-refractivity contribution in [1.82, 2.24) is 10.2 Å². The minimum atomic E-state index is 0.223. The van der Waals surface area contributed by atoms with Gasteiger partial charge in [-0.3, -0.25) is 4.90 Å². The quantitative estimate of drug-likeness (QED) is 0.778. The van der Waals surface area contributed by atoms with Gasteiger partial charge in [-0.25, -0.2) is 0 Å². The molecule has 1 heterocycles.